The lowest BCUT2D eigenvalue weighted by molar-refractivity contribution is 0.205. The Morgan fingerprint density at radius 2 is 1.94 bits per heavy atom. The highest BCUT2D eigenvalue weighted by Crippen LogP contribution is 2.24. The molecule has 1 aromatic carbocycles. The maximum atomic E-state index is 11.7. The van der Waals surface area contributed by atoms with E-state index in [4.69, 9.17) is 10.5 Å². The lowest BCUT2D eigenvalue weighted by Crippen LogP contribution is -2.33. The van der Waals surface area contributed by atoms with Crippen molar-refractivity contribution >= 4 is 15.5 Å². The van der Waals surface area contributed by atoms with Crippen molar-refractivity contribution in [3.63, 3.8) is 0 Å². The molecule has 0 atom stereocenters. The van der Waals surface area contributed by atoms with Crippen molar-refractivity contribution in [2.24, 2.45) is 5.73 Å². The first-order valence-corrected chi connectivity index (χ1v) is 7.63. The number of para-hydroxylation sites is 1. The minimum Gasteiger partial charge on any atom is -0.383 e. The number of hydrogen-bond donors (Lipinski definition) is 1. The van der Waals surface area contributed by atoms with Gasteiger partial charge in [0.05, 0.1) is 17.2 Å². The first-order valence-electron chi connectivity index (χ1n) is 5.73. The van der Waals surface area contributed by atoms with Gasteiger partial charge in [-0.05, 0) is 12.1 Å². The van der Waals surface area contributed by atoms with Crippen LogP contribution in [0.15, 0.2) is 29.2 Å². The SMILES string of the molecule is COCCN(CCN)c1ccccc1S(C)(=O)=O. The number of nitrogens with two attached hydrogens (primary N) is 1. The number of sulfone groups is 1. The molecule has 0 bridgehead atoms. The van der Waals surface area contributed by atoms with Gasteiger partial charge in [0.25, 0.3) is 0 Å². The van der Waals surface area contributed by atoms with Crippen LogP contribution in [0.2, 0.25) is 0 Å². The summed E-state index contributed by atoms with van der Waals surface area (Å²) < 4.78 is 28.5. The molecule has 0 aliphatic heterocycles. The van der Waals surface area contributed by atoms with E-state index in [0.29, 0.717) is 36.8 Å². The molecule has 0 saturated carbocycles. The lowest BCUT2D eigenvalue weighted by Gasteiger charge is -2.25. The summed E-state index contributed by atoms with van der Waals surface area (Å²) in [5.74, 6) is 0. The van der Waals surface area contributed by atoms with Crippen LogP contribution in [-0.2, 0) is 14.6 Å². The molecule has 0 aromatic heterocycles. The summed E-state index contributed by atoms with van der Waals surface area (Å²) in [7, 11) is -1.63. The van der Waals surface area contributed by atoms with E-state index in [1.54, 1.807) is 25.3 Å². The molecule has 0 radical (unpaired) electrons. The highest BCUT2D eigenvalue weighted by Gasteiger charge is 2.16. The molecule has 102 valence electrons. The number of ether oxygens (including phenoxy) is 1. The first-order chi connectivity index (χ1) is 8.50. The summed E-state index contributed by atoms with van der Waals surface area (Å²) in [6.45, 7) is 2.19. The lowest BCUT2D eigenvalue weighted by atomic mass is 10.3. The molecule has 0 unspecified atom stereocenters. The first kappa shape index (κ1) is 14.9. The molecule has 2 N–H and O–H groups in total. The van der Waals surface area contributed by atoms with Gasteiger partial charge in [-0.2, -0.15) is 0 Å². The van der Waals surface area contributed by atoms with Crippen molar-refractivity contribution < 1.29 is 13.2 Å². The van der Waals surface area contributed by atoms with Crippen molar-refractivity contribution in [2.75, 3.05) is 44.5 Å². The third-order valence-corrected chi connectivity index (χ3v) is 3.71. The van der Waals surface area contributed by atoms with Crippen LogP contribution in [0.5, 0.6) is 0 Å². The van der Waals surface area contributed by atoms with E-state index in [0.717, 1.165) is 0 Å². The van der Waals surface area contributed by atoms with Crippen molar-refractivity contribution in [3.8, 4) is 0 Å². The predicted molar refractivity (Wildman–Crippen MR) is 72.7 cm³/mol. The van der Waals surface area contributed by atoms with E-state index < -0.39 is 9.84 Å². The van der Waals surface area contributed by atoms with E-state index in [2.05, 4.69) is 0 Å². The standard InChI is InChI=1S/C12H20N2O3S/c1-17-10-9-14(8-7-13)11-5-3-4-6-12(11)18(2,15)16/h3-6H,7-10,13H2,1-2H3. The fourth-order valence-electron chi connectivity index (χ4n) is 1.74. The zero-order valence-electron chi connectivity index (χ0n) is 10.8. The quantitative estimate of drug-likeness (QED) is 0.782. The highest BCUT2D eigenvalue weighted by molar-refractivity contribution is 7.90. The predicted octanol–water partition coefficient (Wildman–Crippen LogP) is 0.502. The molecule has 6 heteroatoms. The molecular weight excluding hydrogens is 252 g/mol. The molecule has 0 aliphatic carbocycles. The minimum absolute atomic E-state index is 0.328. The molecule has 0 aliphatic rings. The second kappa shape index (κ2) is 6.72. The van der Waals surface area contributed by atoms with Gasteiger partial charge in [0, 0.05) is 33.0 Å². The molecule has 0 fully saturated rings. The maximum absolute atomic E-state index is 11.7. The fourth-order valence-corrected chi connectivity index (χ4v) is 2.64. The summed E-state index contributed by atoms with van der Waals surface area (Å²) in [5.41, 5.74) is 6.25. The maximum Gasteiger partial charge on any atom is 0.177 e. The number of benzene rings is 1. The average Bonchev–Trinajstić information content (AvgIpc) is 2.33. The monoisotopic (exact) mass is 272 g/mol. The molecule has 1 aromatic rings. The molecule has 0 amide bonds. The van der Waals surface area contributed by atoms with Crippen LogP contribution >= 0.6 is 0 Å². The van der Waals surface area contributed by atoms with E-state index in [-0.39, 0.29) is 0 Å². The zero-order valence-corrected chi connectivity index (χ0v) is 11.6. The van der Waals surface area contributed by atoms with Crippen LogP contribution in [0.3, 0.4) is 0 Å². The van der Waals surface area contributed by atoms with Crippen LogP contribution in [-0.4, -0.2) is 48.0 Å². The average molecular weight is 272 g/mol. The van der Waals surface area contributed by atoms with Gasteiger partial charge in [-0.25, -0.2) is 8.42 Å². The van der Waals surface area contributed by atoms with Gasteiger partial charge in [-0.1, -0.05) is 12.1 Å². The van der Waals surface area contributed by atoms with Crippen molar-refractivity contribution in [2.45, 2.75) is 4.90 Å². The minimum atomic E-state index is -3.25. The molecule has 0 saturated heterocycles. The van der Waals surface area contributed by atoms with Crippen LogP contribution in [0.1, 0.15) is 0 Å². The Labute approximate surface area is 108 Å². The van der Waals surface area contributed by atoms with Crippen molar-refractivity contribution in [1.82, 2.24) is 0 Å². The fraction of sp³-hybridized carbons (Fsp3) is 0.500. The second-order valence-electron chi connectivity index (χ2n) is 4.01. The Hall–Kier alpha value is -1.11. The molecule has 1 rings (SSSR count). The summed E-state index contributed by atoms with van der Waals surface area (Å²) >= 11 is 0. The van der Waals surface area contributed by atoms with Gasteiger partial charge in [-0.15, -0.1) is 0 Å². The molecule has 0 heterocycles. The topological polar surface area (TPSA) is 72.6 Å². The van der Waals surface area contributed by atoms with E-state index in [1.165, 1.54) is 6.26 Å². The van der Waals surface area contributed by atoms with Gasteiger partial charge in [-0.3, -0.25) is 0 Å². The smallest absolute Gasteiger partial charge is 0.177 e. The summed E-state index contributed by atoms with van der Waals surface area (Å²) in [4.78, 5) is 2.26. The van der Waals surface area contributed by atoms with Crippen LogP contribution in [0, 0.1) is 0 Å². The number of anilines is 1. The molecular formula is C12H20N2O3S. The van der Waals surface area contributed by atoms with Gasteiger partial charge in [0.15, 0.2) is 9.84 Å². The van der Waals surface area contributed by atoms with Crippen molar-refractivity contribution in [3.05, 3.63) is 24.3 Å². The molecule has 18 heavy (non-hydrogen) atoms. The Balaban J connectivity index is 3.11. The van der Waals surface area contributed by atoms with E-state index in [1.807, 2.05) is 11.0 Å². The zero-order chi connectivity index (χ0) is 13.6. The number of rotatable bonds is 7. The summed E-state index contributed by atoms with van der Waals surface area (Å²) in [6, 6.07) is 6.94. The highest BCUT2D eigenvalue weighted by atomic mass is 32.2. The summed E-state index contributed by atoms with van der Waals surface area (Å²) in [6.07, 6.45) is 1.21. The van der Waals surface area contributed by atoms with Crippen LogP contribution in [0.25, 0.3) is 0 Å². The molecule has 0 spiro atoms. The van der Waals surface area contributed by atoms with Gasteiger partial charge < -0.3 is 15.4 Å². The van der Waals surface area contributed by atoms with Gasteiger partial charge in [0.2, 0.25) is 0 Å². The summed E-state index contributed by atoms with van der Waals surface area (Å²) in [5, 5.41) is 0. The second-order valence-corrected chi connectivity index (χ2v) is 5.99. The largest absolute Gasteiger partial charge is 0.383 e. The molecule has 5 nitrogen and oxygen atoms in total. The number of nitrogens with zero attached hydrogens (tertiary/aromatic N) is 1. The van der Waals surface area contributed by atoms with Gasteiger partial charge in [0.1, 0.15) is 0 Å². The Morgan fingerprint density at radius 3 is 2.50 bits per heavy atom. The normalized spacial score (nSPS) is 11.5. The Kier molecular flexibility index (Phi) is 5.58. The third kappa shape index (κ3) is 3.97. The Morgan fingerprint density at radius 1 is 1.28 bits per heavy atom. The van der Waals surface area contributed by atoms with Crippen LogP contribution in [0.4, 0.5) is 5.69 Å². The van der Waals surface area contributed by atoms with Crippen molar-refractivity contribution in [1.29, 1.82) is 0 Å². The Bertz CT molecular complexity index is 474. The number of methoxy groups -OCH3 is 1. The van der Waals surface area contributed by atoms with Crippen LogP contribution < -0.4 is 10.6 Å². The third-order valence-electron chi connectivity index (χ3n) is 2.57. The van der Waals surface area contributed by atoms with E-state index in [9.17, 15) is 8.42 Å². The van der Waals surface area contributed by atoms with Gasteiger partial charge >= 0.3 is 0 Å². The number of hydrogen-bond acceptors (Lipinski definition) is 5. The van der Waals surface area contributed by atoms with E-state index >= 15 is 0 Å².